The third-order valence-electron chi connectivity index (χ3n) is 4.81. The zero-order valence-corrected chi connectivity index (χ0v) is 18.0. The van der Waals surface area contributed by atoms with Crippen molar-refractivity contribution in [2.24, 2.45) is 5.10 Å². The summed E-state index contributed by atoms with van der Waals surface area (Å²) in [5.41, 5.74) is 7.58. The zero-order valence-electron chi connectivity index (χ0n) is 18.0. The van der Waals surface area contributed by atoms with Crippen molar-refractivity contribution in [3.8, 4) is 16.9 Å². The van der Waals surface area contributed by atoms with E-state index in [9.17, 15) is 4.79 Å². The van der Waals surface area contributed by atoms with Crippen molar-refractivity contribution >= 4 is 11.6 Å². The lowest BCUT2D eigenvalue weighted by atomic mass is 9.86. The Bertz CT molecular complexity index is 1020. The summed E-state index contributed by atoms with van der Waals surface area (Å²) in [6.45, 7) is 8.13. The summed E-state index contributed by atoms with van der Waals surface area (Å²) in [7, 11) is 0. The third-order valence-corrected chi connectivity index (χ3v) is 4.81. The summed E-state index contributed by atoms with van der Waals surface area (Å²) in [6, 6.07) is 26.1. The average molecular weight is 401 g/mol. The van der Waals surface area contributed by atoms with Crippen molar-refractivity contribution in [1.29, 1.82) is 0 Å². The second kappa shape index (κ2) is 9.40. The first kappa shape index (κ1) is 21.3. The Morgan fingerprint density at radius 2 is 1.47 bits per heavy atom. The highest BCUT2D eigenvalue weighted by Crippen LogP contribution is 2.30. The molecule has 30 heavy (non-hydrogen) atoms. The van der Waals surface area contributed by atoms with Gasteiger partial charge in [-0.1, -0.05) is 93.6 Å². The number of carbonyl (C=O) groups is 1. The summed E-state index contributed by atoms with van der Waals surface area (Å²) in [5, 5.41) is 4.22. The molecule has 0 unspecified atom stereocenters. The van der Waals surface area contributed by atoms with Crippen LogP contribution >= 0.6 is 0 Å². The molecule has 0 saturated carbocycles. The van der Waals surface area contributed by atoms with E-state index in [0.29, 0.717) is 0 Å². The summed E-state index contributed by atoms with van der Waals surface area (Å²) in [6.07, 6.45) is 0. The number of carbonyl (C=O) groups excluding carboxylic acids is 1. The SMILES string of the molecule is C/C(=N\NC(=O)COc1ccccc1C(C)(C)C)c1ccc(-c2ccccc2)cc1. The Hall–Kier alpha value is -3.40. The molecular formula is C26H28N2O2. The second-order valence-corrected chi connectivity index (χ2v) is 8.21. The quantitative estimate of drug-likeness (QED) is 0.434. The van der Waals surface area contributed by atoms with Crippen molar-refractivity contribution in [2.45, 2.75) is 33.1 Å². The lowest BCUT2D eigenvalue weighted by molar-refractivity contribution is -0.123. The minimum atomic E-state index is -0.293. The Morgan fingerprint density at radius 1 is 0.867 bits per heavy atom. The number of hydrogen-bond donors (Lipinski definition) is 1. The molecule has 0 heterocycles. The number of hydrazone groups is 1. The molecule has 1 amide bonds. The Balaban J connectivity index is 1.59. The van der Waals surface area contributed by atoms with E-state index in [0.717, 1.165) is 28.2 Å². The van der Waals surface area contributed by atoms with Crippen LogP contribution in [-0.2, 0) is 10.2 Å². The fourth-order valence-corrected chi connectivity index (χ4v) is 3.13. The van der Waals surface area contributed by atoms with Gasteiger partial charge in [0, 0.05) is 0 Å². The molecule has 1 N–H and O–H groups in total. The van der Waals surface area contributed by atoms with E-state index in [-0.39, 0.29) is 17.9 Å². The van der Waals surface area contributed by atoms with Gasteiger partial charge in [0.05, 0.1) is 5.71 Å². The van der Waals surface area contributed by atoms with E-state index < -0.39 is 0 Å². The van der Waals surface area contributed by atoms with Crippen molar-refractivity contribution in [2.75, 3.05) is 6.61 Å². The first-order valence-corrected chi connectivity index (χ1v) is 10.1. The van der Waals surface area contributed by atoms with Crippen LogP contribution in [-0.4, -0.2) is 18.2 Å². The lowest BCUT2D eigenvalue weighted by Crippen LogP contribution is -2.26. The van der Waals surface area contributed by atoms with Crippen LogP contribution in [0.3, 0.4) is 0 Å². The fraction of sp³-hybridized carbons (Fsp3) is 0.231. The molecule has 0 fully saturated rings. The van der Waals surface area contributed by atoms with E-state index in [1.54, 1.807) is 0 Å². The molecule has 154 valence electrons. The number of para-hydroxylation sites is 1. The second-order valence-electron chi connectivity index (χ2n) is 8.21. The Labute approximate surface area is 178 Å². The first-order valence-electron chi connectivity index (χ1n) is 10.1. The number of rotatable bonds is 6. The minimum Gasteiger partial charge on any atom is -0.483 e. The molecule has 3 rings (SSSR count). The van der Waals surface area contributed by atoms with Gasteiger partial charge in [-0.2, -0.15) is 5.10 Å². The predicted molar refractivity (Wildman–Crippen MR) is 123 cm³/mol. The first-order chi connectivity index (χ1) is 14.3. The molecule has 4 heteroatoms. The van der Waals surface area contributed by atoms with Crippen LogP contribution in [0, 0.1) is 0 Å². The molecule has 3 aromatic carbocycles. The summed E-state index contributed by atoms with van der Waals surface area (Å²) < 4.78 is 5.75. The molecule has 0 radical (unpaired) electrons. The molecule has 3 aromatic rings. The maximum absolute atomic E-state index is 12.2. The van der Waals surface area contributed by atoms with Gasteiger partial charge >= 0.3 is 0 Å². The highest BCUT2D eigenvalue weighted by molar-refractivity contribution is 5.99. The zero-order chi connectivity index (χ0) is 21.6. The van der Waals surface area contributed by atoms with Crippen LogP contribution in [0.1, 0.15) is 38.8 Å². The molecule has 0 bridgehead atoms. The highest BCUT2D eigenvalue weighted by atomic mass is 16.5. The van der Waals surface area contributed by atoms with Gasteiger partial charge < -0.3 is 4.74 Å². The van der Waals surface area contributed by atoms with E-state index in [4.69, 9.17) is 4.74 Å². The molecule has 4 nitrogen and oxygen atoms in total. The molecule has 0 aliphatic rings. The van der Waals surface area contributed by atoms with E-state index in [2.05, 4.69) is 55.6 Å². The van der Waals surface area contributed by atoms with Gasteiger partial charge in [-0.25, -0.2) is 5.43 Å². The van der Waals surface area contributed by atoms with Gasteiger partial charge in [0.15, 0.2) is 6.61 Å². The molecule has 0 atom stereocenters. The van der Waals surface area contributed by atoms with E-state index >= 15 is 0 Å². The normalized spacial score (nSPS) is 11.8. The van der Waals surface area contributed by atoms with Crippen molar-refractivity contribution in [3.05, 3.63) is 90.0 Å². The van der Waals surface area contributed by atoms with Crippen LogP contribution in [0.25, 0.3) is 11.1 Å². The van der Waals surface area contributed by atoms with E-state index in [1.165, 1.54) is 5.56 Å². The summed E-state index contributed by atoms with van der Waals surface area (Å²) in [5.74, 6) is 0.427. The number of nitrogens with one attached hydrogen (secondary N) is 1. The third kappa shape index (κ3) is 5.57. The van der Waals surface area contributed by atoms with Crippen molar-refractivity contribution < 1.29 is 9.53 Å². The minimum absolute atomic E-state index is 0.0618. The standard InChI is InChI=1S/C26H28N2O2/c1-19(20-14-16-22(17-15-20)21-10-6-5-7-11-21)27-28-25(29)18-30-24-13-9-8-12-23(24)26(2,3)4/h5-17H,18H2,1-4H3,(H,28,29)/b27-19+. The molecular weight excluding hydrogens is 372 g/mol. The van der Waals surface area contributed by atoms with Gasteiger partial charge in [0.2, 0.25) is 0 Å². The van der Waals surface area contributed by atoms with Crippen LogP contribution in [0.5, 0.6) is 5.75 Å². The fourth-order valence-electron chi connectivity index (χ4n) is 3.13. The molecule has 0 aromatic heterocycles. The molecule has 0 aliphatic carbocycles. The topological polar surface area (TPSA) is 50.7 Å². The summed E-state index contributed by atoms with van der Waals surface area (Å²) in [4.78, 5) is 12.2. The number of ether oxygens (including phenoxy) is 1. The van der Waals surface area contributed by atoms with Gasteiger partial charge in [0.1, 0.15) is 5.75 Å². The van der Waals surface area contributed by atoms with Crippen LogP contribution in [0.15, 0.2) is 84.0 Å². The number of benzene rings is 3. The van der Waals surface area contributed by atoms with Crippen LogP contribution in [0.4, 0.5) is 0 Å². The Kier molecular flexibility index (Phi) is 6.68. The molecule has 0 saturated heterocycles. The lowest BCUT2D eigenvalue weighted by Gasteiger charge is -2.22. The van der Waals surface area contributed by atoms with Crippen LogP contribution < -0.4 is 10.2 Å². The van der Waals surface area contributed by atoms with Gasteiger partial charge in [0.25, 0.3) is 5.91 Å². The maximum atomic E-state index is 12.2. The van der Waals surface area contributed by atoms with E-state index in [1.807, 2.05) is 61.5 Å². The predicted octanol–water partition coefficient (Wildman–Crippen LogP) is 5.57. The van der Waals surface area contributed by atoms with Gasteiger partial charge in [-0.15, -0.1) is 0 Å². The smallest absolute Gasteiger partial charge is 0.277 e. The average Bonchev–Trinajstić information content (AvgIpc) is 2.76. The highest BCUT2D eigenvalue weighted by Gasteiger charge is 2.18. The van der Waals surface area contributed by atoms with Crippen molar-refractivity contribution in [1.82, 2.24) is 5.43 Å². The maximum Gasteiger partial charge on any atom is 0.277 e. The number of nitrogens with zero attached hydrogens (tertiary/aromatic N) is 1. The number of amides is 1. The van der Waals surface area contributed by atoms with Gasteiger partial charge in [-0.05, 0) is 40.7 Å². The van der Waals surface area contributed by atoms with Crippen molar-refractivity contribution in [3.63, 3.8) is 0 Å². The largest absolute Gasteiger partial charge is 0.483 e. The van der Waals surface area contributed by atoms with Gasteiger partial charge in [-0.3, -0.25) is 4.79 Å². The molecule has 0 spiro atoms. The molecule has 0 aliphatic heterocycles. The monoisotopic (exact) mass is 400 g/mol. The van der Waals surface area contributed by atoms with Crippen LogP contribution in [0.2, 0.25) is 0 Å². The summed E-state index contributed by atoms with van der Waals surface area (Å²) >= 11 is 0. The number of hydrogen-bond acceptors (Lipinski definition) is 3. The Morgan fingerprint density at radius 3 is 2.13 bits per heavy atom.